The van der Waals surface area contributed by atoms with Gasteiger partial charge in [0.05, 0.1) is 5.52 Å². The molecule has 0 saturated carbocycles. The average Bonchev–Trinajstić information content (AvgIpc) is 2.68. The summed E-state index contributed by atoms with van der Waals surface area (Å²) in [5.74, 6) is 1.26. The van der Waals surface area contributed by atoms with E-state index in [1.807, 2.05) is 36.4 Å². The molecule has 0 atom stereocenters. The summed E-state index contributed by atoms with van der Waals surface area (Å²) in [6.07, 6.45) is 0.972. The van der Waals surface area contributed by atoms with Gasteiger partial charge in [0.1, 0.15) is 5.82 Å². The molecule has 1 saturated heterocycles. The molecule has 26 heavy (non-hydrogen) atoms. The van der Waals surface area contributed by atoms with Gasteiger partial charge in [-0.1, -0.05) is 42.5 Å². The molecule has 1 aliphatic rings. The van der Waals surface area contributed by atoms with Crippen molar-refractivity contribution in [2.75, 3.05) is 45.5 Å². The van der Waals surface area contributed by atoms with Crippen LogP contribution in [-0.2, 0) is 6.42 Å². The van der Waals surface area contributed by atoms with Crippen molar-refractivity contribution >= 4 is 16.7 Å². The van der Waals surface area contributed by atoms with Gasteiger partial charge in [0.25, 0.3) is 0 Å². The van der Waals surface area contributed by atoms with Crippen LogP contribution < -0.4 is 5.73 Å². The van der Waals surface area contributed by atoms with Crippen LogP contribution in [0.25, 0.3) is 22.3 Å². The van der Waals surface area contributed by atoms with Crippen molar-refractivity contribution in [1.29, 1.82) is 0 Å². The van der Waals surface area contributed by atoms with Crippen LogP contribution in [0.4, 0.5) is 5.82 Å². The predicted molar refractivity (Wildman–Crippen MR) is 107 cm³/mol. The Morgan fingerprint density at radius 1 is 0.923 bits per heavy atom. The highest BCUT2D eigenvalue weighted by atomic mass is 15.2. The molecule has 1 fully saturated rings. The van der Waals surface area contributed by atoms with E-state index in [0.29, 0.717) is 11.6 Å². The number of hydrogen-bond acceptors (Lipinski definition) is 5. The minimum atomic E-state index is 0.572. The molecule has 0 aliphatic carbocycles. The van der Waals surface area contributed by atoms with Crippen molar-refractivity contribution in [3.05, 3.63) is 54.1 Å². The Labute approximate surface area is 154 Å². The first kappa shape index (κ1) is 16.9. The molecule has 0 unspecified atom stereocenters. The van der Waals surface area contributed by atoms with Crippen LogP contribution in [0, 0.1) is 0 Å². The van der Waals surface area contributed by atoms with Gasteiger partial charge in [0.15, 0.2) is 5.82 Å². The fraction of sp³-hybridized carbons (Fsp3) is 0.333. The number of likely N-dealkylation sites (N-methyl/N-ethyl adjacent to an activating group) is 1. The van der Waals surface area contributed by atoms with E-state index in [1.54, 1.807) is 0 Å². The van der Waals surface area contributed by atoms with Gasteiger partial charge in [-0.2, -0.15) is 0 Å². The third-order valence-electron chi connectivity index (χ3n) is 5.16. The summed E-state index contributed by atoms with van der Waals surface area (Å²) in [5, 5.41) is 1.00. The third-order valence-corrected chi connectivity index (χ3v) is 5.16. The summed E-state index contributed by atoms with van der Waals surface area (Å²) in [6.45, 7) is 5.59. The largest absolute Gasteiger partial charge is 0.383 e. The van der Waals surface area contributed by atoms with Crippen molar-refractivity contribution in [3.63, 3.8) is 0 Å². The summed E-state index contributed by atoms with van der Waals surface area (Å²) < 4.78 is 0. The molecule has 134 valence electrons. The molecule has 5 heteroatoms. The highest BCUT2D eigenvalue weighted by Crippen LogP contribution is 2.26. The summed E-state index contributed by atoms with van der Waals surface area (Å²) >= 11 is 0. The van der Waals surface area contributed by atoms with Crippen LogP contribution in [-0.4, -0.2) is 59.5 Å². The molecule has 0 radical (unpaired) electrons. The molecule has 3 aromatic rings. The van der Waals surface area contributed by atoms with E-state index < -0.39 is 0 Å². The lowest BCUT2D eigenvalue weighted by atomic mass is 10.0. The zero-order chi connectivity index (χ0) is 17.9. The quantitative estimate of drug-likeness (QED) is 0.786. The van der Waals surface area contributed by atoms with Crippen LogP contribution in [0.1, 0.15) is 5.56 Å². The lowest BCUT2D eigenvalue weighted by Gasteiger charge is -2.32. The SMILES string of the molecule is CN1CCN(CCc2cccc3nc(-c4ccccc4)nc(N)c23)CC1. The molecule has 0 amide bonds. The normalized spacial score (nSPS) is 16.2. The average molecular weight is 347 g/mol. The molecule has 2 N–H and O–H groups in total. The van der Waals surface area contributed by atoms with E-state index in [9.17, 15) is 0 Å². The lowest BCUT2D eigenvalue weighted by Crippen LogP contribution is -2.45. The molecule has 4 rings (SSSR count). The lowest BCUT2D eigenvalue weighted by molar-refractivity contribution is 0.155. The third kappa shape index (κ3) is 3.54. The van der Waals surface area contributed by atoms with E-state index in [2.05, 4.69) is 34.0 Å². The van der Waals surface area contributed by atoms with Crippen molar-refractivity contribution in [1.82, 2.24) is 19.8 Å². The Morgan fingerprint density at radius 2 is 1.69 bits per heavy atom. The second kappa shape index (κ2) is 7.40. The first-order valence-corrected chi connectivity index (χ1v) is 9.22. The minimum Gasteiger partial charge on any atom is -0.383 e. The van der Waals surface area contributed by atoms with Gasteiger partial charge in [0.2, 0.25) is 0 Å². The molecule has 2 heterocycles. The molecule has 0 bridgehead atoms. The van der Waals surface area contributed by atoms with Gasteiger partial charge in [-0.05, 0) is 25.1 Å². The second-order valence-corrected chi connectivity index (χ2v) is 7.00. The van der Waals surface area contributed by atoms with Crippen molar-refractivity contribution in [2.24, 2.45) is 0 Å². The van der Waals surface area contributed by atoms with Crippen LogP contribution in [0.5, 0.6) is 0 Å². The highest BCUT2D eigenvalue weighted by Gasteiger charge is 2.15. The number of fused-ring (bicyclic) bond motifs is 1. The fourth-order valence-corrected chi connectivity index (χ4v) is 3.56. The monoisotopic (exact) mass is 347 g/mol. The minimum absolute atomic E-state index is 0.572. The zero-order valence-electron chi connectivity index (χ0n) is 15.2. The smallest absolute Gasteiger partial charge is 0.162 e. The van der Waals surface area contributed by atoms with E-state index in [0.717, 1.165) is 55.6 Å². The Balaban J connectivity index is 1.60. The number of hydrogen-bond donors (Lipinski definition) is 1. The molecule has 5 nitrogen and oxygen atoms in total. The standard InChI is InChI=1S/C21H25N5/c1-25-12-14-26(15-13-25)11-10-16-8-5-9-18-19(16)20(22)24-21(23-18)17-6-3-2-4-7-17/h2-9H,10-15H2,1H3,(H2,22,23,24). The maximum atomic E-state index is 6.35. The number of piperazine rings is 1. The van der Waals surface area contributed by atoms with Gasteiger partial charge in [-0.15, -0.1) is 0 Å². The van der Waals surface area contributed by atoms with Crippen molar-refractivity contribution in [3.8, 4) is 11.4 Å². The number of benzene rings is 2. The van der Waals surface area contributed by atoms with Crippen LogP contribution in [0.3, 0.4) is 0 Å². The van der Waals surface area contributed by atoms with Crippen molar-refractivity contribution < 1.29 is 0 Å². The zero-order valence-corrected chi connectivity index (χ0v) is 15.2. The van der Waals surface area contributed by atoms with E-state index in [4.69, 9.17) is 10.7 Å². The maximum absolute atomic E-state index is 6.35. The Morgan fingerprint density at radius 3 is 2.46 bits per heavy atom. The first-order chi connectivity index (χ1) is 12.7. The molecule has 1 aliphatic heterocycles. The summed E-state index contributed by atoms with van der Waals surface area (Å²) in [4.78, 5) is 14.2. The number of rotatable bonds is 4. The van der Waals surface area contributed by atoms with Gasteiger partial charge in [-0.3, -0.25) is 0 Å². The topological polar surface area (TPSA) is 58.3 Å². The van der Waals surface area contributed by atoms with Gasteiger partial charge < -0.3 is 15.5 Å². The number of aromatic nitrogens is 2. The van der Waals surface area contributed by atoms with Gasteiger partial charge >= 0.3 is 0 Å². The number of anilines is 1. The van der Waals surface area contributed by atoms with Gasteiger partial charge in [0, 0.05) is 43.7 Å². The van der Waals surface area contributed by atoms with Crippen LogP contribution in [0.15, 0.2) is 48.5 Å². The molecular formula is C21H25N5. The van der Waals surface area contributed by atoms with E-state index in [-0.39, 0.29) is 0 Å². The van der Waals surface area contributed by atoms with Crippen LogP contribution >= 0.6 is 0 Å². The van der Waals surface area contributed by atoms with E-state index in [1.165, 1.54) is 5.56 Å². The Kier molecular flexibility index (Phi) is 4.82. The summed E-state index contributed by atoms with van der Waals surface area (Å²) in [7, 11) is 2.18. The van der Waals surface area contributed by atoms with E-state index >= 15 is 0 Å². The fourth-order valence-electron chi connectivity index (χ4n) is 3.56. The van der Waals surface area contributed by atoms with Gasteiger partial charge in [-0.25, -0.2) is 9.97 Å². The molecule has 2 aromatic carbocycles. The predicted octanol–water partition coefficient (Wildman–Crippen LogP) is 2.67. The summed E-state index contributed by atoms with van der Waals surface area (Å²) in [6, 6.07) is 16.2. The number of nitrogens with two attached hydrogens (primary N) is 1. The second-order valence-electron chi connectivity index (χ2n) is 7.00. The molecular weight excluding hydrogens is 322 g/mol. The van der Waals surface area contributed by atoms with Crippen molar-refractivity contribution in [2.45, 2.75) is 6.42 Å². The van der Waals surface area contributed by atoms with Crippen LogP contribution in [0.2, 0.25) is 0 Å². The first-order valence-electron chi connectivity index (χ1n) is 9.22. The number of nitrogen functional groups attached to an aromatic ring is 1. The summed E-state index contributed by atoms with van der Waals surface area (Å²) in [5.41, 5.74) is 9.50. The molecule has 0 spiro atoms. The highest BCUT2D eigenvalue weighted by molar-refractivity contribution is 5.92. The Bertz CT molecular complexity index is 886. The molecule has 1 aromatic heterocycles. The maximum Gasteiger partial charge on any atom is 0.162 e. The number of nitrogens with zero attached hydrogens (tertiary/aromatic N) is 4. The Hall–Kier alpha value is -2.50.